The van der Waals surface area contributed by atoms with E-state index in [1.807, 2.05) is 13.2 Å². The van der Waals surface area contributed by atoms with E-state index in [-0.39, 0.29) is 0 Å². The van der Waals surface area contributed by atoms with Crippen molar-refractivity contribution < 1.29 is 0 Å². The second-order valence-corrected chi connectivity index (χ2v) is 3.54. The van der Waals surface area contributed by atoms with Crippen LogP contribution in [0.3, 0.4) is 0 Å². The summed E-state index contributed by atoms with van der Waals surface area (Å²) in [5, 5.41) is 3.12. The summed E-state index contributed by atoms with van der Waals surface area (Å²) < 4.78 is 2.23. The van der Waals surface area contributed by atoms with E-state index < -0.39 is 0 Å². The number of hydrogen-bond donors (Lipinski definition) is 1. The molecule has 74 valence electrons. The quantitative estimate of drug-likeness (QED) is 0.748. The van der Waals surface area contributed by atoms with Crippen LogP contribution in [-0.4, -0.2) is 16.6 Å². The SMILES string of the molecule is CCC(C)Cn1ccnc1CNC. The molecule has 1 unspecified atom stereocenters. The molecule has 0 aliphatic heterocycles. The largest absolute Gasteiger partial charge is 0.334 e. The average Bonchev–Trinajstić information content (AvgIpc) is 2.54. The number of nitrogens with zero attached hydrogens (tertiary/aromatic N) is 2. The highest BCUT2D eigenvalue weighted by molar-refractivity contribution is 4.91. The van der Waals surface area contributed by atoms with Crippen LogP contribution in [-0.2, 0) is 13.1 Å². The summed E-state index contributed by atoms with van der Waals surface area (Å²) in [6, 6.07) is 0. The van der Waals surface area contributed by atoms with Crippen LogP contribution >= 0.6 is 0 Å². The van der Waals surface area contributed by atoms with Crippen molar-refractivity contribution >= 4 is 0 Å². The maximum atomic E-state index is 4.29. The van der Waals surface area contributed by atoms with Gasteiger partial charge < -0.3 is 9.88 Å². The zero-order chi connectivity index (χ0) is 9.68. The van der Waals surface area contributed by atoms with E-state index >= 15 is 0 Å². The number of imidazole rings is 1. The van der Waals surface area contributed by atoms with E-state index in [4.69, 9.17) is 0 Å². The van der Waals surface area contributed by atoms with Gasteiger partial charge in [0.25, 0.3) is 0 Å². The molecule has 0 fully saturated rings. The minimum absolute atomic E-state index is 0.727. The molecule has 1 heterocycles. The molecule has 0 spiro atoms. The second kappa shape index (κ2) is 5.02. The van der Waals surface area contributed by atoms with Gasteiger partial charge in [-0.05, 0) is 13.0 Å². The summed E-state index contributed by atoms with van der Waals surface area (Å²) in [5.74, 6) is 1.85. The Labute approximate surface area is 80.2 Å². The van der Waals surface area contributed by atoms with Crippen LogP contribution in [0.25, 0.3) is 0 Å². The van der Waals surface area contributed by atoms with E-state index in [1.54, 1.807) is 0 Å². The molecule has 0 radical (unpaired) electrons. The molecule has 0 aromatic carbocycles. The zero-order valence-corrected chi connectivity index (χ0v) is 8.75. The Balaban J connectivity index is 2.59. The summed E-state index contributed by atoms with van der Waals surface area (Å²) in [4.78, 5) is 4.29. The molecule has 1 N–H and O–H groups in total. The van der Waals surface area contributed by atoms with Crippen LogP contribution < -0.4 is 5.32 Å². The van der Waals surface area contributed by atoms with Gasteiger partial charge in [-0.3, -0.25) is 0 Å². The Morgan fingerprint density at radius 3 is 3.00 bits per heavy atom. The van der Waals surface area contributed by atoms with Gasteiger partial charge in [-0.2, -0.15) is 0 Å². The maximum absolute atomic E-state index is 4.29. The lowest BCUT2D eigenvalue weighted by atomic mass is 10.1. The third-order valence-corrected chi connectivity index (χ3v) is 2.34. The van der Waals surface area contributed by atoms with Crippen molar-refractivity contribution in [3.63, 3.8) is 0 Å². The van der Waals surface area contributed by atoms with Crippen LogP contribution in [0.2, 0.25) is 0 Å². The van der Waals surface area contributed by atoms with Gasteiger partial charge in [-0.1, -0.05) is 20.3 Å². The highest BCUT2D eigenvalue weighted by Gasteiger charge is 2.04. The first-order chi connectivity index (χ1) is 6.27. The summed E-state index contributed by atoms with van der Waals surface area (Å²) in [6.07, 6.45) is 5.14. The molecule has 0 aliphatic carbocycles. The molecule has 1 atom stereocenters. The van der Waals surface area contributed by atoms with Crippen molar-refractivity contribution in [1.29, 1.82) is 0 Å². The predicted octanol–water partition coefficient (Wildman–Crippen LogP) is 1.65. The van der Waals surface area contributed by atoms with Gasteiger partial charge >= 0.3 is 0 Å². The van der Waals surface area contributed by atoms with Gasteiger partial charge in [0.05, 0.1) is 6.54 Å². The van der Waals surface area contributed by atoms with E-state index in [2.05, 4.69) is 34.9 Å². The molecule has 0 saturated heterocycles. The first kappa shape index (κ1) is 10.3. The molecular weight excluding hydrogens is 162 g/mol. The Morgan fingerprint density at radius 2 is 2.38 bits per heavy atom. The minimum atomic E-state index is 0.727. The molecule has 1 rings (SSSR count). The van der Waals surface area contributed by atoms with Crippen LogP contribution in [0.15, 0.2) is 12.4 Å². The Morgan fingerprint density at radius 1 is 1.62 bits per heavy atom. The third kappa shape index (κ3) is 2.84. The number of rotatable bonds is 5. The summed E-state index contributed by atoms with van der Waals surface area (Å²) in [7, 11) is 1.95. The summed E-state index contributed by atoms with van der Waals surface area (Å²) in [6.45, 7) is 6.42. The van der Waals surface area contributed by atoms with Gasteiger partial charge in [0.2, 0.25) is 0 Å². The van der Waals surface area contributed by atoms with Crippen LogP contribution in [0.5, 0.6) is 0 Å². The molecule has 1 aromatic heterocycles. The van der Waals surface area contributed by atoms with Crippen molar-refractivity contribution in [3.05, 3.63) is 18.2 Å². The van der Waals surface area contributed by atoms with Crippen molar-refractivity contribution in [1.82, 2.24) is 14.9 Å². The fraction of sp³-hybridized carbons (Fsp3) is 0.700. The van der Waals surface area contributed by atoms with Crippen molar-refractivity contribution in [2.24, 2.45) is 5.92 Å². The first-order valence-electron chi connectivity index (χ1n) is 4.92. The normalized spacial score (nSPS) is 13.2. The fourth-order valence-corrected chi connectivity index (χ4v) is 1.30. The predicted molar refractivity (Wildman–Crippen MR) is 54.4 cm³/mol. The van der Waals surface area contributed by atoms with E-state index in [1.165, 1.54) is 6.42 Å². The van der Waals surface area contributed by atoms with Crippen molar-refractivity contribution in [3.8, 4) is 0 Å². The molecule has 0 aliphatic rings. The van der Waals surface area contributed by atoms with Crippen LogP contribution in [0.4, 0.5) is 0 Å². The van der Waals surface area contributed by atoms with E-state index in [9.17, 15) is 0 Å². The van der Waals surface area contributed by atoms with Crippen molar-refractivity contribution in [2.45, 2.75) is 33.4 Å². The summed E-state index contributed by atoms with van der Waals surface area (Å²) in [5.41, 5.74) is 0. The van der Waals surface area contributed by atoms with Gasteiger partial charge in [0.15, 0.2) is 0 Å². The Kier molecular flexibility index (Phi) is 3.96. The Hall–Kier alpha value is -0.830. The highest BCUT2D eigenvalue weighted by atomic mass is 15.1. The van der Waals surface area contributed by atoms with Gasteiger partial charge in [-0.25, -0.2) is 4.98 Å². The lowest BCUT2D eigenvalue weighted by Crippen LogP contribution is -2.14. The lowest BCUT2D eigenvalue weighted by Gasteiger charge is -2.11. The second-order valence-electron chi connectivity index (χ2n) is 3.54. The van der Waals surface area contributed by atoms with Crippen molar-refractivity contribution in [2.75, 3.05) is 7.05 Å². The number of hydrogen-bond acceptors (Lipinski definition) is 2. The molecular formula is C10H19N3. The summed E-state index contributed by atoms with van der Waals surface area (Å²) >= 11 is 0. The third-order valence-electron chi connectivity index (χ3n) is 2.34. The monoisotopic (exact) mass is 181 g/mol. The Bertz CT molecular complexity index is 242. The molecule has 1 aromatic rings. The van der Waals surface area contributed by atoms with E-state index in [0.717, 1.165) is 24.8 Å². The molecule has 13 heavy (non-hydrogen) atoms. The average molecular weight is 181 g/mol. The standard InChI is InChI=1S/C10H19N3/c1-4-9(2)8-13-6-5-12-10(13)7-11-3/h5-6,9,11H,4,7-8H2,1-3H3. The van der Waals surface area contributed by atoms with E-state index in [0.29, 0.717) is 0 Å². The smallest absolute Gasteiger partial charge is 0.122 e. The topological polar surface area (TPSA) is 29.9 Å². The molecule has 0 amide bonds. The van der Waals surface area contributed by atoms with Crippen LogP contribution in [0, 0.1) is 5.92 Å². The number of nitrogens with one attached hydrogen (secondary N) is 1. The van der Waals surface area contributed by atoms with Crippen LogP contribution in [0.1, 0.15) is 26.1 Å². The fourth-order valence-electron chi connectivity index (χ4n) is 1.30. The maximum Gasteiger partial charge on any atom is 0.122 e. The molecule has 3 nitrogen and oxygen atoms in total. The van der Waals surface area contributed by atoms with Gasteiger partial charge in [0, 0.05) is 18.9 Å². The minimum Gasteiger partial charge on any atom is -0.334 e. The van der Waals surface area contributed by atoms with Gasteiger partial charge in [0.1, 0.15) is 5.82 Å². The van der Waals surface area contributed by atoms with Gasteiger partial charge in [-0.15, -0.1) is 0 Å². The molecule has 3 heteroatoms. The number of aromatic nitrogens is 2. The molecule has 0 bridgehead atoms. The molecule has 0 saturated carbocycles. The zero-order valence-electron chi connectivity index (χ0n) is 8.75. The highest BCUT2D eigenvalue weighted by Crippen LogP contribution is 2.07. The lowest BCUT2D eigenvalue weighted by molar-refractivity contribution is 0.454. The first-order valence-corrected chi connectivity index (χ1v) is 4.92.